The average molecular weight is 491 g/mol. The lowest BCUT2D eigenvalue weighted by Crippen LogP contribution is -2.50. The van der Waals surface area contributed by atoms with Crippen molar-refractivity contribution in [2.24, 2.45) is 11.8 Å². The van der Waals surface area contributed by atoms with Crippen LogP contribution in [0.15, 0.2) is 36.7 Å². The van der Waals surface area contributed by atoms with E-state index >= 15 is 0 Å². The first-order valence-corrected chi connectivity index (χ1v) is 12.6. The molecule has 3 rings (SSSR count). The van der Waals surface area contributed by atoms with Crippen molar-refractivity contribution < 1.29 is 18.3 Å². The molecule has 1 aliphatic carbocycles. The number of hydrogen-bond acceptors (Lipinski definition) is 5. The van der Waals surface area contributed by atoms with Crippen molar-refractivity contribution in [3.63, 3.8) is 0 Å². The minimum absolute atomic E-state index is 0.0990. The standard InChI is InChI=1S/C27H37F3N4O/c1-3-4-6-11-23-19(2)33-18-34-25(23)24(31)21-14-12-20(13-15-21)16-32-17-26(35,27(28,29)30)22-9-7-5-8-10-22/h5,7-10,18,20-21,31-32,35H,3-4,6,11-17H2,1-2H3. The smallest absolute Gasteiger partial charge is 0.375 e. The van der Waals surface area contributed by atoms with Gasteiger partial charge in [0, 0.05) is 23.7 Å². The molecule has 2 aromatic rings. The number of halogens is 3. The van der Waals surface area contributed by atoms with Gasteiger partial charge in [0.1, 0.15) is 6.33 Å². The maximum atomic E-state index is 13.7. The highest BCUT2D eigenvalue weighted by atomic mass is 19.4. The first-order chi connectivity index (χ1) is 16.7. The number of nitrogens with one attached hydrogen (secondary N) is 2. The molecule has 0 amide bonds. The predicted molar refractivity (Wildman–Crippen MR) is 132 cm³/mol. The molecule has 192 valence electrons. The summed E-state index contributed by atoms with van der Waals surface area (Å²) in [7, 11) is 0. The van der Waals surface area contributed by atoms with E-state index in [2.05, 4.69) is 22.2 Å². The van der Waals surface area contributed by atoms with Crippen LogP contribution in [0.2, 0.25) is 0 Å². The molecule has 1 saturated carbocycles. The third kappa shape index (κ3) is 6.67. The maximum Gasteiger partial charge on any atom is 0.422 e. The normalized spacial score (nSPS) is 20.4. The SMILES string of the molecule is CCCCCc1c(C)ncnc1C(=N)C1CCC(CNCC(O)(c2ccccc2)C(F)(F)F)CC1. The quantitative estimate of drug-likeness (QED) is 0.277. The summed E-state index contributed by atoms with van der Waals surface area (Å²) in [6, 6.07) is 7.22. The van der Waals surface area contributed by atoms with E-state index in [0.29, 0.717) is 12.3 Å². The Kier molecular flexibility index (Phi) is 9.41. The van der Waals surface area contributed by atoms with Gasteiger partial charge in [0.2, 0.25) is 0 Å². The fourth-order valence-corrected chi connectivity index (χ4v) is 4.97. The van der Waals surface area contributed by atoms with E-state index in [4.69, 9.17) is 5.41 Å². The predicted octanol–water partition coefficient (Wildman–Crippen LogP) is 5.73. The Morgan fingerprint density at radius 3 is 2.40 bits per heavy atom. The monoisotopic (exact) mass is 490 g/mol. The minimum atomic E-state index is -4.78. The second-order valence-electron chi connectivity index (χ2n) is 9.73. The number of aromatic nitrogens is 2. The van der Waals surface area contributed by atoms with Gasteiger partial charge in [-0.1, -0.05) is 50.1 Å². The number of aryl methyl sites for hydroxylation is 1. The maximum absolute atomic E-state index is 13.7. The van der Waals surface area contributed by atoms with Gasteiger partial charge < -0.3 is 15.8 Å². The first-order valence-electron chi connectivity index (χ1n) is 12.6. The van der Waals surface area contributed by atoms with Crippen molar-refractivity contribution in [2.75, 3.05) is 13.1 Å². The molecule has 0 radical (unpaired) electrons. The molecule has 1 aliphatic rings. The molecule has 1 heterocycles. The molecule has 35 heavy (non-hydrogen) atoms. The summed E-state index contributed by atoms with van der Waals surface area (Å²) in [6.07, 6.45) is 4.21. The van der Waals surface area contributed by atoms with Crippen molar-refractivity contribution in [2.45, 2.75) is 77.0 Å². The average Bonchev–Trinajstić information content (AvgIpc) is 2.85. The minimum Gasteiger partial charge on any atom is -0.375 e. The van der Waals surface area contributed by atoms with Crippen LogP contribution < -0.4 is 5.32 Å². The van der Waals surface area contributed by atoms with Crippen molar-refractivity contribution in [1.29, 1.82) is 5.41 Å². The van der Waals surface area contributed by atoms with E-state index in [1.54, 1.807) is 6.07 Å². The largest absolute Gasteiger partial charge is 0.422 e. The van der Waals surface area contributed by atoms with Gasteiger partial charge >= 0.3 is 6.18 Å². The van der Waals surface area contributed by atoms with Gasteiger partial charge in [-0.15, -0.1) is 0 Å². The molecule has 1 unspecified atom stereocenters. The summed E-state index contributed by atoms with van der Waals surface area (Å²) < 4.78 is 41.1. The van der Waals surface area contributed by atoms with Gasteiger partial charge in [-0.05, 0) is 63.5 Å². The number of benzene rings is 1. The lowest BCUT2D eigenvalue weighted by atomic mass is 9.78. The Hall–Kier alpha value is -2.32. The molecule has 1 fully saturated rings. The van der Waals surface area contributed by atoms with Crippen LogP contribution in [-0.2, 0) is 12.0 Å². The van der Waals surface area contributed by atoms with E-state index in [9.17, 15) is 18.3 Å². The molecule has 0 saturated heterocycles. The number of unbranched alkanes of at least 4 members (excludes halogenated alkanes) is 2. The van der Waals surface area contributed by atoms with Gasteiger partial charge in [0.15, 0.2) is 5.60 Å². The Morgan fingerprint density at radius 2 is 1.77 bits per heavy atom. The Morgan fingerprint density at radius 1 is 1.09 bits per heavy atom. The zero-order valence-corrected chi connectivity index (χ0v) is 20.7. The van der Waals surface area contributed by atoms with Crippen molar-refractivity contribution >= 4 is 5.71 Å². The highest BCUT2D eigenvalue weighted by Crippen LogP contribution is 2.38. The van der Waals surface area contributed by atoms with Crippen LogP contribution in [0.3, 0.4) is 0 Å². The zero-order valence-electron chi connectivity index (χ0n) is 20.7. The topological polar surface area (TPSA) is 81.9 Å². The van der Waals surface area contributed by atoms with E-state index in [0.717, 1.165) is 68.3 Å². The van der Waals surface area contributed by atoms with Crippen molar-refractivity contribution in [3.05, 3.63) is 59.2 Å². The summed E-state index contributed by atoms with van der Waals surface area (Å²) in [5, 5.41) is 22.2. The highest BCUT2D eigenvalue weighted by Gasteiger charge is 2.54. The third-order valence-corrected chi connectivity index (χ3v) is 7.24. The zero-order chi connectivity index (χ0) is 25.5. The van der Waals surface area contributed by atoms with Crippen LogP contribution in [0.5, 0.6) is 0 Å². The molecule has 0 aliphatic heterocycles. The van der Waals surface area contributed by atoms with Crippen LogP contribution in [-0.4, -0.2) is 40.1 Å². The molecule has 1 aromatic heterocycles. The van der Waals surface area contributed by atoms with Crippen LogP contribution in [0.4, 0.5) is 13.2 Å². The van der Waals surface area contributed by atoms with Crippen LogP contribution in [0.1, 0.15) is 74.4 Å². The summed E-state index contributed by atoms with van der Waals surface area (Å²) in [6.45, 7) is 3.95. The summed E-state index contributed by atoms with van der Waals surface area (Å²) in [4.78, 5) is 8.79. The molecule has 0 bridgehead atoms. The Labute approximate surface area is 206 Å². The first kappa shape index (κ1) is 27.3. The van der Waals surface area contributed by atoms with E-state index < -0.39 is 18.3 Å². The number of hydrogen-bond donors (Lipinski definition) is 3. The lowest BCUT2D eigenvalue weighted by Gasteiger charge is -2.33. The molecule has 5 nitrogen and oxygen atoms in total. The van der Waals surface area contributed by atoms with Crippen LogP contribution >= 0.6 is 0 Å². The van der Waals surface area contributed by atoms with Gasteiger partial charge in [0.05, 0.1) is 11.4 Å². The summed E-state index contributed by atoms with van der Waals surface area (Å²) in [5.74, 6) is 0.311. The molecule has 1 aromatic carbocycles. The number of rotatable bonds is 11. The van der Waals surface area contributed by atoms with E-state index in [1.807, 2.05) is 6.92 Å². The van der Waals surface area contributed by atoms with Gasteiger partial charge in [-0.2, -0.15) is 13.2 Å². The van der Waals surface area contributed by atoms with Crippen molar-refractivity contribution in [3.8, 4) is 0 Å². The third-order valence-electron chi connectivity index (χ3n) is 7.24. The molecular weight excluding hydrogens is 453 g/mol. The van der Waals surface area contributed by atoms with Crippen LogP contribution in [0, 0.1) is 24.2 Å². The van der Waals surface area contributed by atoms with Crippen molar-refractivity contribution in [1.82, 2.24) is 15.3 Å². The van der Waals surface area contributed by atoms with Gasteiger partial charge in [-0.3, -0.25) is 0 Å². The molecular formula is C27H37F3N4O. The molecule has 8 heteroatoms. The van der Waals surface area contributed by atoms with Gasteiger partial charge in [0.25, 0.3) is 0 Å². The number of alkyl halides is 3. The summed E-state index contributed by atoms with van der Waals surface area (Å²) in [5.41, 5.74) is 0.239. The molecule has 3 N–H and O–H groups in total. The van der Waals surface area contributed by atoms with E-state index in [1.165, 1.54) is 30.6 Å². The molecule has 1 atom stereocenters. The summed E-state index contributed by atoms with van der Waals surface area (Å²) >= 11 is 0. The lowest BCUT2D eigenvalue weighted by molar-refractivity contribution is -0.264. The number of aliphatic hydroxyl groups is 1. The fraction of sp³-hybridized carbons (Fsp3) is 0.593. The van der Waals surface area contributed by atoms with E-state index in [-0.39, 0.29) is 17.4 Å². The van der Waals surface area contributed by atoms with Crippen LogP contribution in [0.25, 0.3) is 0 Å². The molecule has 0 spiro atoms. The fourth-order valence-electron chi connectivity index (χ4n) is 4.97. The number of nitrogens with zero attached hydrogens (tertiary/aromatic N) is 2. The van der Waals surface area contributed by atoms with Gasteiger partial charge in [-0.25, -0.2) is 9.97 Å². The Bertz CT molecular complexity index is 959. The highest BCUT2D eigenvalue weighted by molar-refractivity contribution is 5.99. The second kappa shape index (κ2) is 12.1. The second-order valence-corrected chi connectivity index (χ2v) is 9.73. The Balaban J connectivity index is 1.55.